The fourth-order valence-electron chi connectivity index (χ4n) is 3.06. The number of rotatable bonds is 6. The van der Waals surface area contributed by atoms with Crippen LogP contribution in [0.1, 0.15) is 26.2 Å². The van der Waals surface area contributed by atoms with Crippen LogP contribution >= 0.6 is 11.8 Å². The van der Waals surface area contributed by atoms with Gasteiger partial charge in [-0.1, -0.05) is 6.07 Å². The highest BCUT2D eigenvalue weighted by Gasteiger charge is 2.48. The molecule has 3 rings (SSSR count). The molecule has 0 unspecified atom stereocenters. The lowest BCUT2D eigenvalue weighted by molar-refractivity contribution is -0.154. The molecule has 1 saturated carbocycles. The zero-order valence-corrected chi connectivity index (χ0v) is 16.7. The maximum Gasteiger partial charge on any atom is 0.327 e. The van der Waals surface area contributed by atoms with E-state index in [1.165, 1.54) is 24.5 Å². The van der Waals surface area contributed by atoms with Crippen molar-refractivity contribution < 1.29 is 17.9 Å². The van der Waals surface area contributed by atoms with Gasteiger partial charge in [0.05, 0.1) is 23.4 Å². The van der Waals surface area contributed by atoms with E-state index in [-0.39, 0.29) is 11.5 Å². The fourth-order valence-corrected chi connectivity index (χ4v) is 4.64. The number of hydrogen-bond donors (Lipinski definition) is 3. The first-order valence-electron chi connectivity index (χ1n) is 8.59. The molecule has 0 atom stereocenters. The van der Waals surface area contributed by atoms with Crippen LogP contribution in [0.2, 0.25) is 0 Å². The number of aromatic nitrogens is 1. The minimum atomic E-state index is -3.98. The maximum atomic E-state index is 12.9. The van der Waals surface area contributed by atoms with E-state index >= 15 is 0 Å². The third kappa shape index (κ3) is 3.62. The Morgan fingerprint density at radius 3 is 2.71 bits per heavy atom. The number of ether oxygens (including phenoxy) is 1. The number of pyridine rings is 1. The zero-order valence-electron chi connectivity index (χ0n) is 15.1. The summed E-state index contributed by atoms with van der Waals surface area (Å²) in [6, 6.07) is 4.38. The van der Waals surface area contributed by atoms with E-state index in [9.17, 15) is 13.2 Å². The molecule has 0 radical (unpaired) electrons. The second-order valence-electron chi connectivity index (χ2n) is 6.47. The first-order chi connectivity index (χ1) is 13.2. The van der Waals surface area contributed by atoms with Crippen molar-refractivity contribution in [2.45, 2.75) is 36.6 Å². The number of anilines is 1. The molecule has 1 aliphatic carbocycles. The lowest BCUT2D eigenvalue weighted by Gasteiger charge is -2.39. The van der Waals surface area contributed by atoms with E-state index in [2.05, 4.69) is 9.71 Å². The first-order valence-corrected chi connectivity index (χ1v) is 10.4. The van der Waals surface area contributed by atoms with Gasteiger partial charge in [-0.05, 0) is 38.3 Å². The van der Waals surface area contributed by atoms with Crippen molar-refractivity contribution >= 4 is 50.2 Å². The summed E-state index contributed by atoms with van der Waals surface area (Å²) in [4.78, 5) is 16.3. The van der Waals surface area contributed by atoms with Crippen molar-refractivity contribution in [1.29, 1.82) is 5.41 Å². The molecule has 4 N–H and O–H groups in total. The third-order valence-electron chi connectivity index (χ3n) is 4.65. The maximum absolute atomic E-state index is 12.9. The Bertz CT molecular complexity index is 1040. The molecule has 28 heavy (non-hydrogen) atoms. The largest absolute Gasteiger partial charge is 0.465 e. The van der Waals surface area contributed by atoms with E-state index in [0.717, 1.165) is 10.8 Å². The van der Waals surface area contributed by atoms with Crippen molar-refractivity contribution in [3.05, 3.63) is 30.6 Å². The minimum absolute atomic E-state index is 0.0153. The number of benzene rings is 1. The number of carbonyl (C=O) groups excluding carboxylic acids is 1. The zero-order chi connectivity index (χ0) is 20.5. The van der Waals surface area contributed by atoms with Crippen molar-refractivity contribution in [2.75, 3.05) is 11.0 Å². The Morgan fingerprint density at radius 1 is 1.43 bits per heavy atom. The third-order valence-corrected chi connectivity index (χ3v) is 6.54. The number of nitrogens with two attached hydrogens (primary N) is 1. The molecule has 0 aliphatic heterocycles. The predicted octanol–water partition coefficient (Wildman–Crippen LogP) is 1.85. The molecule has 0 spiro atoms. The molecule has 1 aromatic heterocycles. The average Bonchev–Trinajstić information content (AvgIpc) is 2.63. The molecule has 1 aliphatic rings. The SMILES string of the molecule is CCOC(=O)C1(NS(=O)(=O)c2ccc3c(N(Cl)C(=N)N)cncc3c2)CCC1. The van der Waals surface area contributed by atoms with Crippen LogP contribution in [0.15, 0.2) is 35.5 Å². The number of fused-ring (bicyclic) bond motifs is 1. The lowest BCUT2D eigenvalue weighted by atomic mass is 9.78. The summed E-state index contributed by atoms with van der Waals surface area (Å²) < 4.78 is 34.3. The molecular weight excluding hydrogens is 406 g/mol. The number of hydrogen-bond acceptors (Lipinski definition) is 6. The van der Waals surface area contributed by atoms with E-state index in [0.29, 0.717) is 29.3 Å². The monoisotopic (exact) mass is 425 g/mol. The van der Waals surface area contributed by atoms with Gasteiger partial charge in [0.15, 0.2) is 0 Å². The number of sulfonamides is 1. The van der Waals surface area contributed by atoms with Gasteiger partial charge in [-0.2, -0.15) is 4.72 Å². The van der Waals surface area contributed by atoms with Gasteiger partial charge in [-0.15, -0.1) is 0 Å². The minimum Gasteiger partial charge on any atom is -0.465 e. The van der Waals surface area contributed by atoms with Crippen LogP contribution in [0.3, 0.4) is 0 Å². The lowest BCUT2D eigenvalue weighted by Crippen LogP contribution is -2.59. The van der Waals surface area contributed by atoms with Crippen LogP contribution in [-0.2, 0) is 19.6 Å². The van der Waals surface area contributed by atoms with Crippen LogP contribution in [0, 0.1) is 5.41 Å². The quantitative estimate of drug-likeness (QED) is 0.278. The number of halogens is 1. The number of guanidine groups is 1. The van der Waals surface area contributed by atoms with E-state index < -0.39 is 27.5 Å². The van der Waals surface area contributed by atoms with E-state index in [1.807, 2.05) is 0 Å². The summed E-state index contributed by atoms with van der Waals surface area (Å²) in [7, 11) is -3.98. The Labute approximate surface area is 167 Å². The van der Waals surface area contributed by atoms with Gasteiger partial charge in [0.1, 0.15) is 5.54 Å². The van der Waals surface area contributed by atoms with Crippen molar-refractivity contribution in [1.82, 2.24) is 9.71 Å². The molecule has 0 amide bonds. The molecule has 0 bridgehead atoms. The highest BCUT2D eigenvalue weighted by atomic mass is 35.5. The molecule has 9 nitrogen and oxygen atoms in total. The number of nitrogens with zero attached hydrogens (tertiary/aromatic N) is 2. The van der Waals surface area contributed by atoms with Crippen LogP contribution < -0.4 is 14.9 Å². The average molecular weight is 426 g/mol. The van der Waals surface area contributed by atoms with Crippen LogP contribution in [0.25, 0.3) is 10.8 Å². The van der Waals surface area contributed by atoms with Gasteiger partial charge in [0.2, 0.25) is 16.0 Å². The summed E-state index contributed by atoms with van der Waals surface area (Å²) in [5.41, 5.74) is 4.54. The molecular formula is C17H20ClN5O4S. The molecule has 1 aromatic carbocycles. The number of esters is 1. The second kappa shape index (κ2) is 7.53. The number of carbonyl (C=O) groups is 1. The summed E-state index contributed by atoms with van der Waals surface area (Å²) in [6.07, 6.45) is 4.43. The van der Waals surface area contributed by atoms with Crippen molar-refractivity contribution in [3.63, 3.8) is 0 Å². The smallest absolute Gasteiger partial charge is 0.327 e. The van der Waals surface area contributed by atoms with Gasteiger partial charge in [0.25, 0.3) is 0 Å². The van der Waals surface area contributed by atoms with Crippen LogP contribution in [-0.4, -0.2) is 37.5 Å². The Kier molecular flexibility index (Phi) is 5.46. The summed E-state index contributed by atoms with van der Waals surface area (Å²) in [6.45, 7) is 1.85. The highest BCUT2D eigenvalue weighted by Crippen LogP contribution is 2.35. The fraction of sp³-hybridized carbons (Fsp3) is 0.353. The molecule has 1 heterocycles. The van der Waals surface area contributed by atoms with Crippen molar-refractivity contribution in [3.8, 4) is 0 Å². The molecule has 1 fully saturated rings. The van der Waals surface area contributed by atoms with Crippen LogP contribution in [0.5, 0.6) is 0 Å². The first kappa shape index (κ1) is 20.3. The van der Waals surface area contributed by atoms with E-state index in [1.54, 1.807) is 13.0 Å². The summed E-state index contributed by atoms with van der Waals surface area (Å²) in [5.74, 6) is -0.954. The molecule has 2 aromatic rings. The normalized spacial score (nSPS) is 15.6. The molecule has 0 saturated heterocycles. The summed E-state index contributed by atoms with van der Waals surface area (Å²) >= 11 is 5.99. The molecule has 150 valence electrons. The van der Waals surface area contributed by atoms with Crippen LogP contribution in [0.4, 0.5) is 5.69 Å². The van der Waals surface area contributed by atoms with E-state index in [4.69, 9.17) is 27.7 Å². The highest BCUT2D eigenvalue weighted by molar-refractivity contribution is 7.89. The Morgan fingerprint density at radius 2 is 2.14 bits per heavy atom. The van der Waals surface area contributed by atoms with Gasteiger partial charge >= 0.3 is 5.97 Å². The molecule has 11 heteroatoms. The van der Waals surface area contributed by atoms with Gasteiger partial charge in [0, 0.05) is 28.7 Å². The second-order valence-corrected chi connectivity index (χ2v) is 8.49. The van der Waals surface area contributed by atoms with Crippen molar-refractivity contribution in [2.24, 2.45) is 5.73 Å². The standard InChI is InChI=1S/C17H20ClN5O4S/c1-2-27-15(24)17(6-3-7-17)22-28(25,26)12-4-5-13-11(8-12)9-21-10-14(13)23(18)16(19)20/h4-5,8-10,22H,2-3,6-7H2,1H3,(H3,19,20). The predicted molar refractivity (Wildman–Crippen MR) is 106 cm³/mol. The van der Waals surface area contributed by atoms with Gasteiger partial charge < -0.3 is 10.5 Å². The summed E-state index contributed by atoms with van der Waals surface area (Å²) in [5, 5.41) is 8.51. The number of nitrogens with one attached hydrogen (secondary N) is 2. The van der Waals surface area contributed by atoms with Gasteiger partial charge in [-0.25, -0.2) is 12.8 Å². The Balaban J connectivity index is 1.97. The Hall–Kier alpha value is -2.43. The topological polar surface area (TPSA) is 138 Å². The van der Waals surface area contributed by atoms with Gasteiger partial charge in [-0.3, -0.25) is 15.2 Å².